The first kappa shape index (κ1) is 14.7. The quantitative estimate of drug-likeness (QED) is 0.863. The summed E-state index contributed by atoms with van der Waals surface area (Å²) in [5.74, 6) is 0. The molecular formula is C16H20ClN. The van der Waals surface area contributed by atoms with Crippen molar-refractivity contribution in [2.24, 2.45) is 0 Å². The van der Waals surface area contributed by atoms with Crippen LogP contribution in [-0.4, -0.2) is 6.04 Å². The van der Waals surface area contributed by atoms with Gasteiger partial charge >= 0.3 is 0 Å². The zero-order valence-electron chi connectivity index (χ0n) is 10.7. The lowest BCUT2D eigenvalue weighted by Crippen LogP contribution is -2.27. The molecule has 0 saturated heterocycles. The number of nitrogens with one attached hydrogen (secondary N) is 1. The maximum atomic E-state index is 3.55. The van der Waals surface area contributed by atoms with E-state index in [2.05, 4.69) is 72.9 Å². The van der Waals surface area contributed by atoms with Gasteiger partial charge in [-0.2, -0.15) is 0 Å². The van der Waals surface area contributed by atoms with Crippen LogP contribution in [0.2, 0.25) is 0 Å². The van der Waals surface area contributed by atoms with Crippen LogP contribution in [0.25, 0.3) is 0 Å². The van der Waals surface area contributed by atoms with E-state index in [1.165, 1.54) is 11.1 Å². The van der Waals surface area contributed by atoms with Gasteiger partial charge in [-0.05, 0) is 24.5 Å². The van der Waals surface area contributed by atoms with Crippen molar-refractivity contribution in [2.45, 2.75) is 25.9 Å². The van der Waals surface area contributed by atoms with E-state index in [1.807, 2.05) is 0 Å². The first-order valence-electron chi connectivity index (χ1n) is 6.16. The van der Waals surface area contributed by atoms with Crippen molar-refractivity contribution < 1.29 is 0 Å². The van der Waals surface area contributed by atoms with Crippen molar-refractivity contribution in [1.82, 2.24) is 5.32 Å². The van der Waals surface area contributed by atoms with Crippen LogP contribution in [0.5, 0.6) is 0 Å². The molecule has 2 rings (SSSR count). The second kappa shape index (κ2) is 7.91. The minimum Gasteiger partial charge on any atom is -0.310 e. The Kier molecular flexibility index (Phi) is 6.48. The Morgan fingerprint density at radius 1 is 0.833 bits per heavy atom. The van der Waals surface area contributed by atoms with Crippen LogP contribution >= 0.6 is 12.4 Å². The molecule has 0 aliphatic carbocycles. The normalized spacial score (nSPS) is 11.6. The molecule has 2 heteroatoms. The van der Waals surface area contributed by atoms with Gasteiger partial charge in [-0.1, -0.05) is 60.7 Å². The van der Waals surface area contributed by atoms with E-state index >= 15 is 0 Å². The van der Waals surface area contributed by atoms with Crippen molar-refractivity contribution in [3.63, 3.8) is 0 Å². The van der Waals surface area contributed by atoms with Gasteiger partial charge in [0.1, 0.15) is 0 Å². The lowest BCUT2D eigenvalue weighted by molar-refractivity contribution is 0.545. The molecule has 0 fully saturated rings. The van der Waals surface area contributed by atoms with Gasteiger partial charge < -0.3 is 5.32 Å². The highest BCUT2D eigenvalue weighted by Crippen LogP contribution is 2.04. The maximum absolute atomic E-state index is 3.55. The molecule has 0 saturated carbocycles. The second-order valence-corrected chi connectivity index (χ2v) is 4.46. The summed E-state index contributed by atoms with van der Waals surface area (Å²) in [6.07, 6.45) is 1.08. The summed E-state index contributed by atoms with van der Waals surface area (Å²) in [6.45, 7) is 3.17. The average Bonchev–Trinajstić information content (AvgIpc) is 2.39. The van der Waals surface area contributed by atoms with Gasteiger partial charge in [-0.15, -0.1) is 12.4 Å². The molecule has 0 amide bonds. The first-order chi connectivity index (χ1) is 8.34. The van der Waals surface area contributed by atoms with Gasteiger partial charge in [0.25, 0.3) is 0 Å². The van der Waals surface area contributed by atoms with E-state index < -0.39 is 0 Å². The first-order valence-corrected chi connectivity index (χ1v) is 6.16. The molecular weight excluding hydrogens is 242 g/mol. The fourth-order valence-corrected chi connectivity index (χ4v) is 1.93. The van der Waals surface area contributed by atoms with E-state index in [0.717, 1.165) is 13.0 Å². The summed E-state index contributed by atoms with van der Waals surface area (Å²) >= 11 is 0. The Balaban J connectivity index is 0.00000162. The molecule has 0 aromatic heterocycles. The van der Waals surface area contributed by atoms with E-state index in [4.69, 9.17) is 0 Å². The highest BCUT2D eigenvalue weighted by atomic mass is 35.5. The molecule has 0 spiro atoms. The average molecular weight is 262 g/mol. The van der Waals surface area contributed by atoms with Crippen LogP contribution < -0.4 is 5.32 Å². The number of hydrogen-bond acceptors (Lipinski definition) is 1. The molecule has 0 radical (unpaired) electrons. The largest absolute Gasteiger partial charge is 0.310 e. The zero-order valence-corrected chi connectivity index (χ0v) is 11.5. The minimum atomic E-state index is 0. The predicted molar refractivity (Wildman–Crippen MR) is 80.1 cm³/mol. The van der Waals surface area contributed by atoms with Crippen LogP contribution in [0, 0.1) is 0 Å². The molecule has 0 aliphatic rings. The molecule has 0 unspecified atom stereocenters. The van der Waals surface area contributed by atoms with Gasteiger partial charge in [0, 0.05) is 12.6 Å². The summed E-state index contributed by atoms with van der Waals surface area (Å²) in [7, 11) is 0. The smallest absolute Gasteiger partial charge is 0.0208 e. The van der Waals surface area contributed by atoms with Crippen molar-refractivity contribution in [3.8, 4) is 0 Å². The van der Waals surface area contributed by atoms with Crippen LogP contribution in [0.4, 0.5) is 0 Å². The summed E-state index contributed by atoms with van der Waals surface area (Å²) in [5, 5.41) is 3.55. The van der Waals surface area contributed by atoms with Gasteiger partial charge in [0.15, 0.2) is 0 Å². The van der Waals surface area contributed by atoms with Crippen LogP contribution in [-0.2, 0) is 13.0 Å². The fraction of sp³-hybridized carbons (Fsp3) is 0.250. The molecule has 1 nitrogen and oxygen atoms in total. The third-order valence-electron chi connectivity index (χ3n) is 2.88. The Labute approximate surface area is 116 Å². The summed E-state index contributed by atoms with van der Waals surface area (Å²) in [5.41, 5.74) is 2.73. The zero-order chi connectivity index (χ0) is 11.9. The van der Waals surface area contributed by atoms with Crippen molar-refractivity contribution in [3.05, 3.63) is 71.8 Å². The van der Waals surface area contributed by atoms with Gasteiger partial charge in [0.2, 0.25) is 0 Å². The molecule has 96 valence electrons. The lowest BCUT2D eigenvalue weighted by Gasteiger charge is -2.13. The fourth-order valence-electron chi connectivity index (χ4n) is 1.93. The maximum Gasteiger partial charge on any atom is 0.0208 e. The number of hydrogen-bond donors (Lipinski definition) is 1. The van der Waals surface area contributed by atoms with E-state index in [1.54, 1.807) is 0 Å². The molecule has 0 aliphatic heterocycles. The van der Waals surface area contributed by atoms with Crippen molar-refractivity contribution >= 4 is 12.4 Å². The van der Waals surface area contributed by atoms with Crippen LogP contribution in [0.1, 0.15) is 18.1 Å². The van der Waals surface area contributed by atoms with Crippen LogP contribution in [0.15, 0.2) is 60.7 Å². The van der Waals surface area contributed by atoms with Gasteiger partial charge in [0.05, 0.1) is 0 Å². The minimum absolute atomic E-state index is 0. The standard InChI is InChI=1S/C16H19N.ClH/c1-14(12-15-8-4-2-5-9-15)17-13-16-10-6-3-7-11-16;/h2-11,14,17H,12-13H2,1H3;1H/t14-;/m1./s1. The van der Waals surface area contributed by atoms with Gasteiger partial charge in [-0.25, -0.2) is 0 Å². The molecule has 0 heterocycles. The molecule has 1 atom stereocenters. The third kappa shape index (κ3) is 4.91. The molecule has 0 bridgehead atoms. The SMILES string of the molecule is C[C@H](Cc1ccccc1)NCc1ccccc1.Cl. The van der Waals surface area contributed by atoms with E-state index in [9.17, 15) is 0 Å². The Morgan fingerprint density at radius 3 is 1.89 bits per heavy atom. The molecule has 18 heavy (non-hydrogen) atoms. The summed E-state index contributed by atoms with van der Waals surface area (Å²) < 4.78 is 0. The third-order valence-corrected chi connectivity index (χ3v) is 2.88. The molecule has 2 aromatic carbocycles. The number of benzene rings is 2. The monoisotopic (exact) mass is 261 g/mol. The number of rotatable bonds is 5. The molecule has 2 aromatic rings. The topological polar surface area (TPSA) is 12.0 Å². The summed E-state index contributed by atoms with van der Waals surface area (Å²) in [6, 6.07) is 21.6. The highest BCUT2D eigenvalue weighted by Gasteiger charge is 2.02. The van der Waals surface area contributed by atoms with E-state index in [0.29, 0.717) is 6.04 Å². The predicted octanol–water partition coefficient (Wildman–Crippen LogP) is 3.83. The number of halogens is 1. The Morgan fingerprint density at radius 2 is 1.33 bits per heavy atom. The van der Waals surface area contributed by atoms with Crippen LogP contribution in [0.3, 0.4) is 0 Å². The van der Waals surface area contributed by atoms with E-state index in [-0.39, 0.29) is 12.4 Å². The van der Waals surface area contributed by atoms with Gasteiger partial charge in [-0.3, -0.25) is 0 Å². The van der Waals surface area contributed by atoms with Crippen molar-refractivity contribution in [1.29, 1.82) is 0 Å². The van der Waals surface area contributed by atoms with Crippen molar-refractivity contribution in [2.75, 3.05) is 0 Å². The summed E-state index contributed by atoms with van der Waals surface area (Å²) in [4.78, 5) is 0. The highest BCUT2D eigenvalue weighted by molar-refractivity contribution is 5.85. The second-order valence-electron chi connectivity index (χ2n) is 4.46. The Hall–Kier alpha value is -1.31. The molecule has 1 N–H and O–H groups in total. The lowest BCUT2D eigenvalue weighted by atomic mass is 10.1. The Bertz CT molecular complexity index is 427.